The van der Waals surface area contributed by atoms with Gasteiger partial charge < -0.3 is 10.1 Å². The fraction of sp³-hybridized carbons (Fsp3) is 0.200. The van der Waals surface area contributed by atoms with Crippen molar-refractivity contribution in [2.24, 2.45) is 0 Å². The summed E-state index contributed by atoms with van der Waals surface area (Å²) in [5.41, 5.74) is 3.27. The van der Waals surface area contributed by atoms with E-state index < -0.39 is 0 Å². The van der Waals surface area contributed by atoms with Crippen LogP contribution in [0.25, 0.3) is 0 Å². The minimum Gasteiger partial charge on any atom is -0.496 e. The van der Waals surface area contributed by atoms with Gasteiger partial charge >= 0.3 is 0 Å². The van der Waals surface area contributed by atoms with E-state index in [1.807, 2.05) is 30.3 Å². The molecule has 2 rings (SSSR count). The summed E-state index contributed by atoms with van der Waals surface area (Å²) < 4.78 is 6.39. The van der Waals surface area contributed by atoms with Crippen LogP contribution in [0.1, 0.15) is 11.1 Å². The maximum atomic E-state index is 5.83. The molecule has 2 nitrogen and oxygen atoms in total. The third-order valence-electron chi connectivity index (χ3n) is 2.81. The lowest BCUT2D eigenvalue weighted by atomic mass is 10.2. The van der Waals surface area contributed by atoms with Gasteiger partial charge in [-0.1, -0.05) is 28.1 Å². The number of rotatable bonds is 5. The number of methoxy groups -OCH3 is 1. The summed E-state index contributed by atoms with van der Waals surface area (Å²) in [5, 5.41) is 3.38. The van der Waals surface area contributed by atoms with Gasteiger partial charge in [-0.3, -0.25) is 0 Å². The monoisotopic (exact) mass is 339 g/mol. The van der Waals surface area contributed by atoms with Gasteiger partial charge in [-0.25, -0.2) is 0 Å². The molecule has 0 heterocycles. The zero-order chi connectivity index (χ0) is 13.7. The van der Waals surface area contributed by atoms with Crippen LogP contribution in [0.5, 0.6) is 5.75 Å². The zero-order valence-electron chi connectivity index (χ0n) is 10.6. The fourth-order valence-electron chi connectivity index (χ4n) is 1.85. The van der Waals surface area contributed by atoms with E-state index in [4.69, 9.17) is 16.3 Å². The molecule has 0 saturated carbocycles. The normalized spacial score (nSPS) is 10.3. The summed E-state index contributed by atoms with van der Waals surface area (Å²) in [6.45, 7) is 0.703. The highest BCUT2D eigenvalue weighted by atomic mass is 79.9. The molecule has 0 bridgehead atoms. The first kappa shape index (κ1) is 14.2. The van der Waals surface area contributed by atoms with Crippen LogP contribution < -0.4 is 10.1 Å². The number of ether oxygens (including phenoxy) is 1. The molecule has 0 atom stereocenters. The van der Waals surface area contributed by atoms with Gasteiger partial charge in [0.15, 0.2) is 0 Å². The molecule has 1 N–H and O–H groups in total. The van der Waals surface area contributed by atoms with Crippen LogP contribution in [0, 0.1) is 0 Å². The number of halogens is 2. The largest absolute Gasteiger partial charge is 0.496 e. The number of hydrogen-bond donors (Lipinski definition) is 1. The summed E-state index contributed by atoms with van der Waals surface area (Å²) in [7, 11) is 1.68. The molecule has 0 aliphatic rings. The average molecular weight is 341 g/mol. The maximum Gasteiger partial charge on any atom is 0.123 e. The van der Waals surface area contributed by atoms with Crippen LogP contribution in [0.2, 0.25) is 0 Å². The Morgan fingerprint density at radius 1 is 1.21 bits per heavy atom. The Labute approximate surface area is 126 Å². The Hall–Kier alpha value is -1.19. The van der Waals surface area contributed by atoms with Crippen molar-refractivity contribution in [1.82, 2.24) is 0 Å². The second kappa shape index (κ2) is 6.83. The summed E-state index contributed by atoms with van der Waals surface area (Å²) in [5.74, 6) is 1.40. The van der Waals surface area contributed by atoms with E-state index >= 15 is 0 Å². The maximum absolute atomic E-state index is 5.83. The quantitative estimate of drug-likeness (QED) is 0.789. The van der Waals surface area contributed by atoms with E-state index in [-0.39, 0.29) is 0 Å². The SMILES string of the molecule is COc1ccc(Br)cc1CNc1cccc(CCl)c1. The molecule has 0 unspecified atom stereocenters. The van der Waals surface area contributed by atoms with E-state index in [9.17, 15) is 0 Å². The molecule has 0 amide bonds. The summed E-state index contributed by atoms with van der Waals surface area (Å²) >= 11 is 9.30. The van der Waals surface area contributed by atoms with E-state index in [0.29, 0.717) is 12.4 Å². The van der Waals surface area contributed by atoms with Gasteiger partial charge in [0.1, 0.15) is 5.75 Å². The number of anilines is 1. The molecule has 0 aliphatic heterocycles. The van der Waals surface area contributed by atoms with Crippen LogP contribution in [0.4, 0.5) is 5.69 Å². The Morgan fingerprint density at radius 3 is 2.79 bits per heavy atom. The molecule has 100 valence electrons. The molecular weight excluding hydrogens is 326 g/mol. The Balaban J connectivity index is 2.11. The molecule has 19 heavy (non-hydrogen) atoms. The highest BCUT2D eigenvalue weighted by molar-refractivity contribution is 9.10. The molecule has 0 aromatic heterocycles. The topological polar surface area (TPSA) is 21.3 Å². The van der Waals surface area contributed by atoms with Crippen LogP contribution in [-0.2, 0) is 12.4 Å². The minimum absolute atomic E-state index is 0.524. The van der Waals surface area contributed by atoms with Gasteiger partial charge in [0.25, 0.3) is 0 Å². The van der Waals surface area contributed by atoms with E-state index in [1.165, 1.54) is 0 Å². The van der Waals surface area contributed by atoms with E-state index in [0.717, 1.165) is 27.0 Å². The fourth-order valence-corrected chi connectivity index (χ4v) is 2.42. The minimum atomic E-state index is 0.524. The first-order valence-corrected chi connectivity index (χ1v) is 7.27. The zero-order valence-corrected chi connectivity index (χ0v) is 13.0. The lowest BCUT2D eigenvalue weighted by Gasteiger charge is -2.11. The number of alkyl halides is 1. The van der Waals surface area contributed by atoms with Gasteiger partial charge in [0.05, 0.1) is 7.11 Å². The van der Waals surface area contributed by atoms with Crippen molar-refractivity contribution in [3.63, 3.8) is 0 Å². The van der Waals surface area contributed by atoms with Crippen LogP contribution in [0.3, 0.4) is 0 Å². The molecular formula is C15H15BrClNO. The van der Waals surface area contributed by atoms with Gasteiger partial charge in [-0.2, -0.15) is 0 Å². The molecule has 0 saturated heterocycles. The van der Waals surface area contributed by atoms with Crippen molar-refractivity contribution in [3.05, 3.63) is 58.1 Å². The molecule has 0 spiro atoms. The Morgan fingerprint density at radius 2 is 2.05 bits per heavy atom. The summed E-state index contributed by atoms with van der Waals surface area (Å²) in [4.78, 5) is 0. The van der Waals surface area contributed by atoms with Gasteiger partial charge in [-0.05, 0) is 35.9 Å². The second-order valence-corrected chi connectivity index (χ2v) is 5.33. The highest BCUT2D eigenvalue weighted by Crippen LogP contribution is 2.24. The molecule has 4 heteroatoms. The molecule has 0 radical (unpaired) electrons. The van der Waals surface area contributed by atoms with Crippen LogP contribution in [-0.4, -0.2) is 7.11 Å². The van der Waals surface area contributed by atoms with Crippen molar-refractivity contribution >= 4 is 33.2 Å². The second-order valence-electron chi connectivity index (χ2n) is 4.14. The predicted octanol–water partition coefficient (Wildman–Crippen LogP) is 4.81. The van der Waals surface area contributed by atoms with Crippen molar-refractivity contribution in [1.29, 1.82) is 0 Å². The number of hydrogen-bond acceptors (Lipinski definition) is 2. The summed E-state index contributed by atoms with van der Waals surface area (Å²) in [6.07, 6.45) is 0. The Kier molecular flexibility index (Phi) is 5.11. The Bertz CT molecular complexity index is 560. The van der Waals surface area contributed by atoms with Gasteiger partial charge in [0.2, 0.25) is 0 Å². The third kappa shape index (κ3) is 3.88. The smallest absolute Gasteiger partial charge is 0.123 e. The standard InChI is InChI=1S/C15H15BrClNO/c1-19-15-6-5-13(16)8-12(15)10-18-14-4-2-3-11(7-14)9-17/h2-8,18H,9-10H2,1H3. The molecule has 2 aromatic carbocycles. The third-order valence-corrected chi connectivity index (χ3v) is 3.61. The van der Waals surface area contributed by atoms with Crippen molar-refractivity contribution < 1.29 is 4.74 Å². The van der Waals surface area contributed by atoms with Crippen molar-refractivity contribution in [2.45, 2.75) is 12.4 Å². The van der Waals surface area contributed by atoms with Crippen molar-refractivity contribution in [3.8, 4) is 5.75 Å². The van der Waals surface area contributed by atoms with Gasteiger partial charge in [-0.15, -0.1) is 11.6 Å². The number of benzene rings is 2. The lowest BCUT2D eigenvalue weighted by molar-refractivity contribution is 0.410. The predicted molar refractivity (Wildman–Crippen MR) is 84.0 cm³/mol. The first-order valence-electron chi connectivity index (χ1n) is 5.94. The first-order chi connectivity index (χ1) is 9.22. The van der Waals surface area contributed by atoms with E-state index in [1.54, 1.807) is 7.11 Å². The molecule has 0 aliphatic carbocycles. The van der Waals surface area contributed by atoms with Crippen LogP contribution in [0.15, 0.2) is 46.9 Å². The average Bonchev–Trinajstić information content (AvgIpc) is 2.45. The lowest BCUT2D eigenvalue weighted by Crippen LogP contribution is -2.02. The summed E-state index contributed by atoms with van der Waals surface area (Å²) in [6, 6.07) is 14.1. The molecule has 2 aromatic rings. The molecule has 0 fully saturated rings. The van der Waals surface area contributed by atoms with Gasteiger partial charge in [0, 0.05) is 28.1 Å². The van der Waals surface area contributed by atoms with E-state index in [2.05, 4.69) is 33.4 Å². The van der Waals surface area contributed by atoms with Crippen LogP contribution >= 0.6 is 27.5 Å². The highest BCUT2D eigenvalue weighted by Gasteiger charge is 2.04. The number of nitrogens with one attached hydrogen (secondary N) is 1. The van der Waals surface area contributed by atoms with Crippen molar-refractivity contribution in [2.75, 3.05) is 12.4 Å².